The molecule has 4 N–H and O–H groups in total. The van der Waals surface area contributed by atoms with Crippen LogP contribution in [0.25, 0.3) is 0 Å². The zero-order chi connectivity index (χ0) is 21.3. The quantitative estimate of drug-likeness (QED) is 0.399. The Morgan fingerprint density at radius 2 is 1.41 bits per heavy atom. The fraction of sp³-hybridized carbons (Fsp3) is 0.789. The predicted molar refractivity (Wildman–Crippen MR) is 103 cm³/mol. The van der Waals surface area contributed by atoms with E-state index < -0.39 is 35.9 Å². The van der Waals surface area contributed by atoms with Gasteiger partial charge in [-0.3, -0.25) is 19.2 Å². The van der Waals surface area contributed by atoms with Gasteiger partial charge in [0.05, 0.1) is 12.1 Å². The molecule has 156 valence electrons. The van der Waals surface area contributed by atoms with Crippen molar-refractivity contribution in [3.8, 4) is 0 Å². The molecule has 0 bridgehead atoms. The highest BCUT2D eigenvalue weighted by Gasteiger charge is 2.30. The second-order valence-electron chi connectivity index (χ2n) is 7.82. The molecular weight excluding hydrogens is 350 g/mol. The Labute approximate surface area is 161 Å². The summed E-state index contributed by atoms with van der Waals surface area (Å²) in [5.74, 6) is -2.34. The van der Waals surface area contributed by atoms with Crippen molar-refractivity contribution in [1.29, 1.82) is 0 Å². The molecule has 8 heteroatoms. The molecule has 0 aromatic rings. The Balaban J connectivity index is 5.12. The Hall–Kier alpha value is -1.96. The maximum atomic E-state index is 12.6. The molecule has 0 radical (unpaired) electrons. The highest BCUT2D eigenvalue weighted by atomic mass is 16.4. The molecule has 0 aliphatic rings. The Bertz CT molecular complexity index is 531. The number of carboxylic acid groups (broad SMARTS) is 1. The van der Waals surface area contributed by atoms with Crippen LogP contribution in [0.3, 0.4) is 0 Å². The molecule has 2 amide bonds. The molecule has 0 saturated carbocycles. The predicted octanol–water partition coefficient (Wildman–Crippen LogP) is 1.09. The molecule has 0 heterocycles. The molecule has 0 saturated heterocycles. The van der Waals surface area contributed by atoms with Crippen molar-refractivity contribution < 1.29 is 24.3 Å². The van der Waals surface area contributed by atoms with Gasteiger partial charge in [-0.2, -0.15) is 0 Å². The first-order valence-electron chi connectivity index (χ1n) is 9.49. The van der Waals surface area contributed by atoms with Gasteiger partial charge in [-0.05, 0) is 19.3 Å². The van der Waals surface area contributed by atoms with Crippen LogP contribution in [0.2, 0.25) is 0 Å². The minimum absolute atomic E-state index is 0.0236. The van der Waals surface area contributed by atoms with Crippen molar-refractivity contribution >= 4 is 23.6 Å². The van der Waals surface area contributed by atoms with Crippen LogP contribution in [-0.4, -0.2) is 52.8 Å². The zero-order valence-corrected chi connectivity index (χ0v) is 17.5. The number of nitrogens with one attached hydrogen (secondary N) is 3. The number of amides is 2. The van der Waals surface area contributed by atoms with Gasteiger partial charge in [0.15, 0.2) is 5.78 Å². The van der Waals surface area contributed by atoms with Crippen LogP contribution in [0.15, 0.2) is 0 Å². The minimum Gasteiger partial charge on any atom is -0.481 e. The van der Waals surface area contributed by atoms with Crippen LogP contribution in [0.1, 0.15) is 61.3 Å². The summed E-state index contributed by atoms with van der Waals surface area (Å²) in [4.78, 5) is 48.0. The van der Waals surface area contributed by atoms with Crippen molar-refractivity contribution in [2.24, 2.45) is 11.8 Å². The number of hydrogen-bond acceptors (Lipinski definition) is 5. The molecular formula is C19H35N3O5. The normalized spacial score (nSPS) is 14.7. The number of carbonyl (C=O) groups excluding carboxylic acids is 3. The molecule has 0 fully saturated rings. The van der Waals surface area contributed by atoms with Crippen LogP contribution < -0.4 is 16.0 Å². The Morgan fingerprint density at radius 1 is 0.852 bits per heavy atom. The topological polar surface area (TPSA) is 125 Å². The van der Waals surface area contributed by atoms with Crippen LogP contribution in [0.4, 0.5) is 0 Å². The summed E-state index contributed by atoms with van der Waals surface area (Å²) in [7, 11) is 0. The average molecular weight is 386 g/mol. The Morgan fingerprint density at radius 3 is 1.81 bits per heavy atom. The van der Waals surface area contributed by atoms with Crippen LogP contribution in [0, 0.1) is 11.8 Å². The minimum atomic E-state index is -0.988. The summed E-state index contributed by atoms with van der Waals surface area (Å²) in [6.07, 6.45) is -0.0374. The Kier molecular flexibility index (Phi) is 10.8. The number of rotatable bonds is 12. The van der Waals surface area contributed by atoms with Crippen LogP contribution in [0.5, 0.6) is 0 Å². The lowest BCUT2D eigenvalue weighted by Gasteiger charge is -2.27. The van der Waals surface area contributed by atoms with Gasteiger partial charge in [0.25, 0.3) is 0 Å². The monoisotopic (exact) mass is 385 g/mol. The lowest BCUT2D eigenvalue weighted by Crippen LogP contribution is -2.57. The first-order valence-corrected chi connectivity index (χ1v) is 9.49. The largest absolute Gasteiger partial charge is 0.481 e. The average Bonchev–Trinajstić information content (AvgIpc) is 2.54. The SMILES string of the molecule is CC(C)N[C@@H](CCC(=O)O)C(=O)N[C@H](C(=O)N[C@@H](C)C(=O)C(C)C)C(C)C. The van der Waals surface area contributed by atoms with Crippen LogP contribution >= 0.6 is 0 Å². The summed E-state index contributed by atoms with van der Waals surface area (Å²) < 4.78 is 0. The maximum Gasteiger partial charge on any atom is 0.303 e. The van der Waals surface area contributed by atoms with Crippen molar-refractivity contribution in [3.63, 3.8) is 0 Å². The maximum absolute atomic E-state index is 12.6. The van der Waals surface area contributed by atoms with Gasteiger partial charge in [0.2, 0.25) is 11.8 Å². The standard InChI is InChI=1S/C19H35N3O5/c1-10(2)16(19(27)21-13(7)17(25)11(3)4)22-18(26)14(20-12(5)6)8-9-15(23)24/h10-14,16,20H,8-9H2,1-7H3,(H,21,27)(H,22,26)(H,23,24)/t13-,14-,16-/m0/s1. The summed E-state index contributed by atoms with van der Waals surface area (Å²) in [6, 6.07) is -2.21. The van der Waals surface area contributed by atoms with E-state index in [1.807, 2.05) is 13.8 Å². The van der Waals surface area contributed by atoms with Gasteiger partial charge >= 0.3 is 5.97 Å². The van der Waals surface area contributed by atoms with Gasteiger partial charge in [0, 0.05) is 18.4 Å². The molecule has 8 nitrogen and oxygen atoms in total. The summed E-state index contributed by atoms with van der Waals surface area (Å²) >= 11 is 0. The molecule has 0 aromatic carbocycles. The number of Topliss-reactive ketones (excluding diaryl/α,β-unsaturated/α-hetero) is 1. The van der Waals surface area contributed by atoms with E-state index in [-0.39, 0.29) is 36.5 Å². The first kappa shape index (κ1) is 25.0. The second-order valence-corrected chi connectivity index (χ2v) is 7.82. The van der Waals surface area contributed by atoms with E-state index in [0.717, 1.165) is 0 Å². The third-order valence-electron chi connectivity index (χ3n) is 4.10. The molecule has 0 aliphatic heterocycles. The summed E-state index contributed by atoms with van der Waals surface area (Å²) in [5, 5.41) is 17.3. The molecule has 27 heavy (non-hydrogen) atoms. The van der Waals surface area contributed by atoms with Gasteiger partial charge < -0.3 is 21.1 Å². The van der Waals surface area contributed by atoms with E-state index in [2.05, 4.69) is 16.0 Å². The smallest absolute Gasteiger partial charge is 0.303 e. The van der Waals surface area contributed by atoms with Crippen molar-refractivity contribution in [3.05, 3.63) is 0 Å². The van der Waals surface area contributed by atoms with Crippen LogP contribution in [-0.2, 0) is 19.2 Å². The van der Waals surface area contributed by atoms with E-state index in [9.17, 15) is 19.2 Å². The fourth-order valence-corrected chi connectivity index (χ4v) is 2.62. The zero-order valence-electron chi connectivity index (χ0n) is 17.5. The lowest BCUT2D eigenvalue weighted by atomic mass is 9.99. The molecule has 0 spiro atoms. The summed E-state index contributed by atoms with van der Waals surface area (Å²) in [5.41, 5.74) is 0. The van der Waals surface area contributed by atoms with E-state index in [1.165, 1.54) is 0 Å². The number of carboxylic acids is 1. The highest BCUT2D eigenvalue weighted by Crippen LogP contribution is 2.07. The van der Waals surface area contributed by atoms with Crippen molar-refractivity contribution in [2.45, 2.75) is 85.5 Å². The van der Waals surface area contributed by atoms with E-state index in [0.29, 0.717) is 0 Å². The third kappa shape index (κ3) is 9.51. The number of aliphatic carboxylic acids is 1. The molecule has 3 atom stereocenters. The van der Waals surface area contributed by atoms with Gasteiger partial charge in [-0.25, -0.2) is 0 Å². The van der Waals surface area contributed by atoms with E-state index >= 15 is 0 Å². The molecule has 0 unspecified atom stereocenters. The third-order valence-corrected chi connectivity index (χ3v) is 4.10. The van der Waals surface area contributed by atoms with Crippen molar-refractivity contribution in [1.82, 2.24) is 16.0 Å². The number of carbonyl (C=O) groups is 4. The lowest BCUT2D eigenvalue weighted by molar-refractivity contribution is -0.137. The van der Waals surface area contributed by atoms with E-state index in [1.54, 1.807) is 34.6 Å². The molecule has 0 rings (SSSR count). The fourth-order valence-electron chi connectivity index (χ4n) is 2.62. The van der Waals surface area contributed by atoms with Gasteiger partial charge in [-0.1, -0.05) is 41.5 Å². The van der Waals surface area contributed by atoms with Gasteiger partial charge in [-0.15, -0.1) is 0 Å². The molecule has 0 aliphatic carbocycles. The number of hydrogen-bond donors (Lipinski definition) is 4. The van der Waals surface area contributed by atoms with Crippen molar-refractivity contribution in [2.75, 3.05) is 0 Å². The highest BCUT2D eigenvalue weighted by molar-refractivity contribution is 5.94. The van der Waals surface area contributed by atoms with Gasteiger partial charge in [0.1, 0.15) is 6.04 Å². The van der Waals surface area contributed by atoms with E-state index in [4.69, 9.17) is 5.11 Å². The number of ketones is 1. The molecule has 0 aromatic heterocycles. The second kappa shape index (κ2) is 11.7. The summed E-state index contributed by atoms with van der Waals surface area (Å²) in [6.45, 7) is 12.4. The first-order chi connectivity index (χ1) is 12.4.